The maximum Gasteiger partial charge on any atom is 0.233 e. The Morgan fingerprint density at radius 2 is 2.32 bits per heavy atom. The lowest BCUT2D eigenvalue weighted by molar-refractivity contribution is 0.0516. The van der Waals surface area contributed by atoms with Crippen LogP contribution < -0.4 is 10.2 Å². The van der Waals surface area contributed by atoms with Crippen LogP contribution in [0, 0.1) is 0 Å². The minimum atomic E-state index is -0.137. The molecule has 100 valence electrons. The zero-order valence-corrected chi connectivity index (χ0v) is 11.0. The second-order valence-corrected chi connectivity index (χ2v) is 4.83. The molecular weight excluding hydrogens is 244 g/mol. The standard InChI is InChI=1S/C14H16N2O3/c1-8-3-4-11(19-8)12-14(18-2)13(17)9-7-15-6-5-10(9)16-12/h5-8,11H,3-4H2,1-2H3,(H,16,17). The van der Waals surface area contributed by atoms with Crippen LogP contribution in [-0.2, 0) is 4.74 Å². The molecule has 1 fully saturated rings. The van der Waals surface area contributed by atoms with E-state index in [9.17, 15) is 4.79 Å². The van der Waals surface area contributed by atoms with E-state index in [0.717, 1.165) is 24.1 Å². The number of fused-ring (bicyclic) bond motifs is 1. The number of rotatable bonds is 2. The van der Waals surface area contributed by atoms with Crippen molar-refractivity contribution in [2.45, 2.75) is 32.0 Å². The van der Waals surface area contributed by atoms with Crippen LogP contribution in [0.4, 0.5) is 0 Å². The van der Waals surface area contributed by atoms with E-state index >= 15 is 0 Å². The van der Waals surface area contributed by atoms with Crippen LogP contribution in [0.1, 0.15) is 31.6 Å². The molecule has 1 N–H and O–H groups in total. The molecule has 0 radical (unpaired) electrons. The molecule has 2 aromatic heterocycles. The summed E-state index contributed by atoms with van der Waals surface area (Å²) in [5, 5.41) is 0.536. The Morgan fingerprint density at radius 1 is 1.47 bits per heavy atom. The molecule has 5 nitrogen and oxygen atoms in total. The van der Waals surface area contributed by atoms with Crippen molar-refractivity contribution in [2.24, 2.45) is 0 Å². The highest BCUT2D eigenvalue weighted by molar-refractivity contribution is 5.79. The monoisotopic (exact) mass is 260 g/mol. The first kappa shape index (κ1) is 12.2. The molecule has 2 unspecified atom stereocenters. The molecule has 0 aromatic carbocycles. The first-order chi connectivity index (χ1) is 9.20. The maximum atomic E-state index is 12.4. The fourth-order valence-electron chi connectivity index (χ4n) is 2.58. The lowest BCUT2D eigenvalue weighted by atomic mass is 10.1. The highest BCUT2D eigenvalue weighted by atomic mass is 16.5. The second-order valence-electron chi connectivity index (χ2n) is 4.83. The zero-order chi connectivity index (χ0) is 13.4. The third-order valence-corrected chi connectivity index (χ3v) is 3.54. The molecule has 5 heteroatoms. The molecule has 1 aliphatic rings. The third-order valence-electron chi connectivity index (χ3n) is 3.54. The summed E-state index contributed by atoms with van der Waals surface area (Å²) in [6.45, 7) is 2.04. The average Bonchev–Trinajstić information content (AvgIpc) is 2.85. The van der Waals surface area contributed by atoms with Crippen LogP contribution in [0.2, 0.25) is 0 Å². The van der Waals surface area contributed by atoms with Crippen molar-refractivity contribution in [1.82, 2.24) is 9.97 Å². The van der Waals surface area contributed by atoms with Gasteiger partial charge in [0.1, 0.15) is 6.10 Å². The van der Waals surface area contributed by atoms with Gasteiger partial charge < -0.3 is 14.5 Å². The Balaban J connectivity index is 2.20. The number of aromatic nitrogens is 2. The summed E-state index contributed by atoms with van der Waals surface area (Å²) < 4.78 is 11.1. The third kappa shape index (κ3) is 2.00. The molecule has 0 aliphatic carbocycles. The minimum Gasteiger partial charge on any atom is -0.491 e. The number of H-pyrrole nitrogens is 1. The summed E-state index contributed by atoms with van der Waals surface area (Å²) >= 11 is 0. The van der Waals surface area contributed by atoms with Gasteiger partial charge in [-0.2, -0.15) is 0 Å². The molecule has 2 aromatic rings. The molecule has 0 amide bonds. The molecule has 0 spiro atoms. The molecule has 2 atom stereocenters. The van der Waals surface area contributed by atoms with Gasteiger partial charge in [0.05, 0.1) is 29.8 Å². The molecule has 0 bridgehead atoms. The van der Waals surface area contributed by atoms with Crippen molar-refractivity contribution in [3.63, 3.8) is 0 Å². The number of ether oxygens (including phenoxy) is 2. The number of nitrogens with one attached hydrogen (secondary N) is 1. The second kappa shape index (κ2) is 4.66. The van der Waals surface area contributed by atoms with Crippen molar-refractivity contribution < 1.29 is 9.47 Å². The summed E-state index contributed by atoms with van der Waals surface area (Å²) in [7, 11) is 1.51. The molecule has 3 heterocycles. The Hall–Kier alpha value is -1.88. The highest BCUT2D eigenvalue weighted by Crippen LogP contribution is 2.35. The number of nitrogens with zero attached hydrogens (tertiary/aromatic N) is 1. The van der Waals surface area contributed by atoms with Crippen molar-refractivity contribution in [1.29, 1.82) is 0 Å². The van der Waals surface area contributed by atoms with Gasteiger partial charge in [-0.05, 0) is 25.8 Å². The molecule has 1 saturated heterocycles. The van der Waals surface area contributed by atoms with Gasteiger partial charge in [0.2, 0.25) is 5.43 Å². The van der Waals surface area contributed by atoms with Crippen molar-refractivity contribution in [2.75, 3.05) is 7.11 Å². The van der Waals surface area contributed by atoms with Crippen LogP contribution in [0.3, 0.4) is 0 Å². The van der Waals surface area contributed by atoms with Crippen LogP contribution in [0.15, 0.2) is 23.3 Å². The number of hydrogen-bond acceptors (Lipinski definition) is 4. The van der Waals surface area contributed by atoms with Crippen molar-refractivity contribution in [3.05, 3.63) is 34.4 Å². The van der Waals surface area contributed by atoms with Crippen LogP contribution in [-0.4, -0.2) is 23.2 Å². The highest BCUT2D eigenvalue weighted by Gasteiger charge is 2.28. The zero-order valence-electron chi connectivity index (χ0n) is 11.0. The quantitative estimate of drug-likeness (QED) is 0.898. The van der Waals surface area contributed by atoms with Gasteiger partial charge in [0.25, 0.3) is 0 Å². The lowest BCUT2D eigenvalue weighted by Crippen LogP contribution is -2.14. The first-order valence-electron chi connectivity index (χ1n) is 6.40. The van der Waals surface area contributed by atoms with E-state index < -0.39 is 0 Å². The van der Waals surface area contributed by atoms with Crippen molar-refractivity contribution in [3.8, 4) is 5.75 Å². The van der Waals surface area contributed by atoms with E-state index in [1.165, 1.54) is 7.11 Å². The summed E-state index contributed by atoms with van der Waals surface area (Å²) in [5.74, 6) is 0.333. The summed E-state index contributed by atoms with van der Waals surface area (Å²) in [4.78, 5) is 19.6. The van der Waals surface area contributed by atoms with E-state index in [1.54, 1.807) is 18.5 Å². The molecule has 1 aliphatic heterocycles. The van der Waals surface area contributed by atoms with Gasteiger partial charge in [-0.25, -0.2) is 0 Å². The smallest absolute Gasteiger partial charge is 0.233 e. The summed E-state index contributed by atoms with van der Waals surface area (Å²) in [6.07, 6.45) is 5.21. The Labute approximate surface area is 110 Å². The predicted octanol–water partition coefficient (Wildman–Crippen LogP) is 2.17. The van der Waals surface area contributed by atoms with E-state index in [2.05, 4.69) is 9.97 Å². The van der Waals surface area contributed by atoms with Gasteiger partial charge in [0, 0.05) is 12.4 Å². The van der Waals surface area contributed by atoms with Gasteiger partial charge in [0.15, 0.2) is 5.75 Å². The van der Waals surface area contributed by atoms with Crippen molar-refractivity contribution >= 4 is 10.9 Å². The minimum absolute atomic E-state index is 0.102. The molecule has 19 heavy (non-hydrogen) atoms. The summed E-state index contributed by atoms with van der Waals surface area (Å²) in [5.41, 5.74) is 1.36. The lowest BCUT2D eigenvalue weighted by Gasteiger charge is -2.15. The molecule has 0 saturated carbocycles. The van der Waals surface area contributed by atoms with E-state index in [0.29, 0.717) is 11.1 Å². The topological polar surface area (TPSA) is 64.2 Å². The SMILES string of the molecule is COc1c(C2CCC(C)O2)[nH]c2ccncc2c1=O. The van der Waals surface area contributed by atoms with Gasteiger partial charge in [-0.1, -0.05) is 0 Å². The van der Waals surface area contributed by atoms with Gasteiger partial charge in [-0.15, -0.1) is 0 Å². The molecular formula is C14H16N2O3. The normalized spacial score (nSPS) is 22.8. The predicted molar refractivity (Wildman–Crippen MR) is 71.4 cm³/mol. The molecule has 3 rings (SSSR count). The van der Waals surface area contributed by atoms with E-state index in [1.807, 2.05) is 6.92 Å². The number of aromatic amines is 1. The van der Waals surface area contributed by atoms with Gasteiger partial charge in [-0.3, -0.25) is 9.78 Å². The van der Waals surface area contributed by atoms with E-state index in [-0.39, 0.29) is 17.6 Å². The van der Waals surface area contributed by atoms with Crippen LogP contribution in [0.5, 0.6) is 5.75 Å². The van der Waals surface area contributed by atoms with E-state index in [4.69, 9.17) is 9.47 Å². The van der Waals surface area contributed by atoms with Gasteiger partial charge >= 0.3 is 0 Å². The van der Waals surface area contributed by atoms with Crippen LogP contribution in [0.25, 0.3) is 10.9 Å². The fourth-order valence-corrected chi connectivity index (χ4v) is 2.58. The Kier molecular flexibility index (Phi) is 2.98. The summed E-state index contributed by atoms with van der Waals surface area (Å²) in [6, 6.07) is 1.79. The average molecular weight is 260 g/mol. The maximum absolute atomic E-state index is 12.4. The Bertz CT molecular complexity index is 665. The Morgan fingerprint density at radius 3 is 3.00 bits per heavy atom. The first-order valence-corrected chi connectivity index (χ1v) is 6.40. The van der Waals surface area contributed by atoms with Crippen LogP contribution >= 0.6 is 0 Å². The largest absolute Gasteiger partial charge is 0.491 e. The number of pyridine rings is 2. The fraction of sp³-hybridized carbons (Fsp3) is 0.429. The number of hydrogen-bond donors (Lipinski definition) is 1. The number of methoxy groups -OCH3 is 1.